The van der Waals surface area contributed by atoms with Gasteiger partial charge in [0, 0.05) is 37.2 Å². The molecule has 0 saturated heterocycles. The molecule has 1 aromatic carbocycles. The second kappa shape index (κ2) is 6.84. The minimum Gasteiger partial charge on any atom is -0.504 e. The Labute approximate surface area is 171 Å². The van der Waals surface area contributed by atoms with Crippen molar-refractivity contribution in [2.75, 3.05) is 24.7 Å². The van der Waals surface area contributed by atoms with E-state index in [0.29, 0.717) is 17.8 Å². The molecule has 0 spiro atoms. The Bertz CT molecular complexity index is 1230. The second-order valence-electron chi connectivity index (χ2n) is 7.53. The van der Waals surface area contributed by atoms with Crippen LogP contribution in [-0.4, -0.2) is 46.8 Å². The van der Waals surface area contributed by atoms with E-state index in [1.165, 1.54) is 26.1 Å². The zero-order valence-corrected chi connectivity index (χ0v) is 18.6. The molecule has 1 aliphatic rings. The highest BCUT2D eigenvalue weighted by Crippen LogP contribution is 2.49. The average Bonchev–Trinajstić information content (AvgIpc) is 2.65. The fraction of sp³-hybridized carbons (Fsp3) is 0.350. The van der Waals surface area contributed by atoms with Gasteiger partial charge in [0.1, 0.15) is 10.6 Å². The molecule has 2 aromatic rings. The smallest absolute Gasteiger partial charge is 0.192 e. The highest BCUT2D eigenvalue weighted by molar-refractivity contribution is 8.02. The fourth-order valence-corrected chi connectivity index (χ4v) is 6.56. The highest BCUT2D eigenvalue weighted by atomic mass is 32.2. The number of pyridine rings is 1. The maximum absolute atomic E-state index is 13.6. The summed E-state index contributed by atoms with van der Waals surface area (Å²) in [5.41, 5.74) is 0.819. The van der Waals surface area contributed by atoms with Crippen molar-refractivity contribution in [1.29, 1.82) is 0 Å². The molecule has 3 rings (SSSR count). The summed E-state index contributed by atoms with van der Waals surface area (Å²) in [7, 11) is -6.25. The number of aliphatic hydroxyl groups is 1. The number of sulfone groups is 2. The summed E-state index contributed by atoms with van der Waals surface area (Å²) in [4.78, 5) is 5.33. The van der Waals surface area contributed by atoms with Crippen LogP contribution in [0.15, 0.2) is 41.4 Å². The summed E-state index contributed by atoms with van der Waals surface area (Å²) in [6.45, 7) is 5.42. The first kappa shape index (κ1) is 21.3. The van der Waals surface area contributed by atoms with Crippen LogP contribution in [0.25, 0.3) is 10.7 Å². The quantitative estimate of drug-likeness (QED) is 0.785. The first-order valence-electron chi connectivity index (χ1n) is 9.04. The van der Waals surface area contributed by atoms with Gasteiger partial charge in [0.25, 0.3) is 0 Å². The zero-order chi connectivity index (χ0) is 21.8. The monoisotopic (exact) mass is 436 g/mol. The topological polar surface area (TPSA) is 105 Å². The van der Waals surface area contributed by atoms with Gasteiger partial charge in [-0.1, -0.05) is 18.2 Å². The van der Waals surface area contributed by atoms with E-state index in [9.17, 15) is 21.9 Å². The lowest BCUT2D eigenvalue weighted by atomic mass is 9.98. The number of rotatable bonds is 4. The number of hydrogen-bond donors (Lipinski definition) is 1. The number of nitrogens with zero attached hydrogens (tertiary/aromatic N) is 2. The van der Waals surface area contributed by atoms with Crippen molar-refractivity contribution in [3.05, 3.63) is 53.3 Å². The standard InChI is InChI=1S/C20H24N2O5S2/c1-6-22(4)15-11-7-9-13(18(15)28(5,24)25)19-17(23)16-14(10-8-12-21-16)20(2,3)29(19,26)27/h7-12,23H,6H2,1-5H3. The number of fused-ring (bicyclic) bond motifs is 1. The van der Waals surface area contributed by atoms with Crippen LogP contribution in [0.5, 0.6) is 0 Å². The molecule has 0 saturated carbocycles. The van der Waals surface area contributed by atoms with E-state index in [4.69, 9.17) is 0 Å². The molecule has 0 unspecified atom stereocenters. The minimum atomic E-state index is -4.14. The first-order chi connectivity index (χ1) is 13.4. The molecular weight excluding hydrogens is 412 g/mol. The molecule has 0 radical (unpaired) electrons. The van der Waals surface area contributed by atoms with Gasteiger partial charge in [-0.3, -0.25) is 4.98 Å². The Morgan fingerprint density at radius 3 is 2.41 bits per heavy atom. The van der Waals surface area contributed by atoms with Gasteiger partial charge in [-0.25, -0.2) is 16.8 Å². The van der Waals surface area contributed by atoms with Gasteiger partial charge in [0.2, 0.25) is 0 Å². The third kappa shape index (κ3) is 3.12. The number of hydrogen-bond acceptors (Lipinski definition) is 7. The summed E-state index contributed by atoms with van der Waals surface area (Å²) in [6, 6.07) is 7.82. The van der Waals surface area contributed by atoms with Crippen LogP contribution >= 0.6 is 0 Å². The van der Waals surface area contributed by atoms with E-state index in [1.807, 2.05) is 6.92 Å². The third-order valence-corrected chi connectivity index (χ3v) is 9.02. The van der Waals surface area contributed by atoms with Crippen molar-refractivity contribution in [3.8, 4) is 0 Å². The average molecular weight is 437 g/mol. The predicted octanol–water partition coefficient (Wildman–Crippen LogP) is 2.99. The lowest BCUT2D eigenvalue weighted by Crippen LogP contribution is -2.35. The lowest BCUT2D eigenvalue weighted by molar-refractivity contribution is 0.501. The van der Waals surface area contributed by atoms with E-state index in [0.717, 1.165) is 6.26 Å². The Morgan fingerprint density at radius 2 is 1.83 bits per heavy atom. The normalized spacial score (nSPS) is 17.7. The van der Waals surface area contributed by atoms with Crippen LogP contribution in [0.1, 0.15) is 37.6 Å². The molecule has 1 aromatic heterocycles. The molecule has 0 fully saturated rings. The maximum atomic E-state index is 13.6. The van der Waals surface area contributed by atoms with Crippen LogP contribution in [0.3, 0.4) is 0 Å². The van der Waals surface area contributed by atoms with E-state index in [2.05, 4.69) is 4.98 Å². The summed E-state index contributed by atoms with van der Waals surface area (Å²) >= 11 is 0. The molecule has 9 heteroatoms. The molecule has 0 atom stereocenters. The van der Waals surface area contributed by atoms with Gasteiger partial charge in [0.15, 0.2) is 25.4 Å². The van der Waals surface area contributed by atoms with Gasteiger partial charge in [0.05, 0.1) is 15.3 Å². The van der Waals surface area contributed by atoms with E-state index in [-0.39, 0.29) is 16.2 Å². The summed E-state index contributed by atoms with van der Waals surface area (Å²) in [6.07, 6.45) is 2.49. The van der Waals surface area contributed by atoms with Crippen molar-refractivity contribution in [1.82, 2.24) is 4.98 Å². The number of anilines is 1. The fourth-order valence-electron chi connectivity index (χ4n) is 3.55. The van der Waals surface area contributed by atoms with Gasteiger partial charge in [-0.05, 0) is 32.9 Å². The predicted molar refractivity (Wildman–Crippen MR) is 114 cm³/mol. The largest absolute Gasteiger partial charge is 0.504 e. The SMILES string of the molecule is CCN(C)c1cccc(C2=C(O)c3ncccc3C(C)(C)S2(=O)=O)c1S(C)(=O)=O. The molecule has 7 nitrogen and oxygen atoms in total. The number of benzene rings is 1. The van der Waals surface area contributed by atoms with Crippen LogP contribution in [0, 0.1) is 0 Å². The summed E-state index contributed by atoms with van der Waals surface area (Å²) in [5, 5.41) is 10.9. The molecule has 0 bridgehead atoms. The Kier molecular flexibility index (Phi) is 5.03. The van der Waals surface area contributed by atoms with Crippen LogP contribution in [-0.2, 0) is 24.4 Å². The first-order valence-corrected chi connectivity index (χ1v) is 12.4. The summed E-state index contributed by atoms with van der Waals surface area (Å²) < 4.78 is 51.2. The van der Waals surface area contributed by atoms with Crippen LogP contribution in [0.4, 0.5) is 5.69 Å². The van der Waals surface area contributed by atoms with Gasteiger partial charge in [-0.15, -0.1) is 0 Å². The van der Waals surface area contributed by atoms with Gasteiger partial charge < -0.3 is 10.0 Å². The lowest BCUT2D eigenvalue weighted by Gasteiger charge is -2.33. The molecule has 29 heavy (non-hydrogen) atoms. The molecule has 2 heterocycles. The van der Waals surface area contributed by atoms with Crippen molar-refractivity contribution in [2.45, 2.75) is 30.4 Å². The van der Waals surface area contributed by atoms with Gasteiger partial charge in [-0.2, -0.15) is 0 Å². The third-order valence-electron chi connectivity index (χ3n) is 5.33. The Morgan fingerprint density at radius 1 is 1.17 bits per heavy atom. The Balaban J connectivity index is 2.52. The van der Waals surface area contributed by atoms with Crippen LogP contribution < -0.4 is 4.90 Å². The van der Waals surface area contributed by atoms with Crippen molar-refractivity contribution >= 4 is 36.0 Å². The summed E-state index contributed by atoms with van der Waals surface area (Å²) in [5.74, 6) is -0.541. The molecule has 1 aliphatic heterocycles. The number of aromatic nitrogens is 1. The van der Waals surface area contributed by atoms with E-state index >= 15 is 0 Å². The number of aliphatic hydroxyl groups excluding tert-OH is 1. The van der Waals surface area contributed by atoms with Gasteiger partial charge >= 0.3 is 0 Å². The highest BCUT2D eigenvalue weighted by Gasteiger charge is 2.48. The van der Waals surface area contributed by atoms with Crippen LogP contribution in [0.2, 0.25) is 0 Å². The van der Waals surface area contributed by atoms with Crippen molar-refractivity contribution in [2.24, 2.45) is 0 Å². The second-order valence-corrected chi connectivity index (χ2v) is 11.9. The van der Waals surface area contributed by atoms with Crippen molar-refractivity contribution < 1.29 is 21.9 Å². The zero-order valence-electron chi connectivity index (χ0n) is 17.0. The molecule has 0 aliphatic carbocycles. The van der Waals surface area contributed by atoms with E-state index < -0.39 is 35.1 Å². The molecule has 1 N–H and O–H groups in total. The molecule has 156 valence electrons. The van der Waals surface area contributed by atoms with E-state index in [1.54, 1.807) is 36.2 Å². The Hall–Kier alpha value is -2.39. The maximum Gasteiger partial charge on any atom is 0.192 e. The molecule has 0 amide bonds. The minimum absolute atomic E-state index is 0.0489. The molecular formula is C20H24N2O5S2. The van der Waals surface area contributed by atoms with Crippen molar-refractivity contribution in [3.63, 3.8) is 0 Å².